The van der Waals surface area contributed by atoms with Crippen LogP contribution in [-0.2, 0) is 10.0 Å². The summed E-state index contributed by atoms with van der Waals surface area (Å²) in [4.78, 5) is 15.3. The third-order valence-electron chi connectivity index (χ3n) is 5.32. The van der Waals surface area contributed by atoms with Gasteiger partial charge in [-0.15, -0.1) is 0 Å². The topological polar surface area (TPSA) is 78.5 Å². The molecule has 3 rings (SSSR count). The van der Waals surface area contributed by atoms with Crippen molar-refractivity contribution in [1.82, 2.24) is 10.2 Å². The van der Waals surface area contributed by atoms with Gasteiger partial charge in [0.05, 0.1) is 4.90 Å². The number of benzene rings is 2. The molecule has 1 heterocycles. The molecule has 0 saturated carbocycles. The monoisotopic (exact) mass is 415 g/mol. The fourth-order valence-corrected chi connectivity index (χ4v) is 4.62. The molecule has 2 N–H and O–H groups in total. The van der Waals surface area contributed by atoms with E-state index in [2.05, 4.69) is 28.8 Å². The molecule has 1 aliphatic rings. The summed E-state index contributed by atoms with van der Waals surface area (Å²) in [6, 6.07) is 14.7. The Bertz CT molecular complexity index is 937. The molecule has 0 unspecified atom stereocenters. The summed E-state index contributed by atoms with van der Waals surface area (Å²) in [5.41, 5.74) is 0.660. The summed E-state index contributed by atoms with van der Waals surface area (Å²) >= 11 is 0. The van der Waals surface area contributed by atoms with Crippen molar-refractivity contribution in [3.8, 4) is 0 Å². The lowest BCUT2D eigenvalue weighted by Crippen LogP contribution is -2.53. The van der Waals surface area contributed by atoms with Crippen molar-refractivity contribution in [2.45, 2.75) is 43.5 Å². The number of carbonyl (C=O) groups excluding carboxylic acids is 1. The van der Waals surface area contributed by atoms with E-state index in [0.29, 0.717) is 17.8 Å². The van der Waals surface area contributed by atoms with Crippen LogP contribution in [0.3, 0.4) is 0 Å². The molecule has 1 fully saturated rings. The number of amides is 1. The highest BCUT2D eigenvalue weighted by molar-refractivity contribution is 7.92. The van der Waals surface area contributed by atoms with Crippen LogP contribution in [0.25, 0.3) is 0 Å². The molecular weight excluding hydrogens is 386 g/mol. The van der Waals surface area contributed by atoms with E-state index in [0.717, 1.165) is 13.1 Å². The zero-order chi connectivity index (χ0) is 20.9. The van der Waals surface area contributed by atoms with Gasteiger partial charge in [-0.3, -0.25) is 14.4 Å². The van der Waals surface area contributed by atoms with Gasteiger partial charge in [0.1, 0.15) is 0 Å². The zero-order valence-corrected chi connectivity index (χ0v) is 17.8. The van der Waals surface area contributed by atoms with Crippen molar-refractivity contribution >= 4 is 21.6 Å². The second-order valence-electron chi connectivity index (χ2n) is 8.04. The Labute approximate surface area is 173 Å². The minimum absolute atomic E-state index is 0.122. The second kappa shape index (κ2) is 8.97. The summed E-state index contributed by atoms with van der Waals surface area (Å²) in [7, 11) is -3.69. The van der Waals surface area contributed by atoms with Crippen LogP contribution in [0.5, 0.6) is 0 Å². The number of anilines is 1. The quantitative estimate of drug-likeness (QED) is 0.726. The van der Waals surface area contributed by atoms with E-state index in [-0.39, 0.29) is 16.3 Å². The van der Waals surface area contributed by atoms with E-state index >= 15 is 0 Å². The van der Waals surface area contributed by atoms with Gasteiger partial charge in [-0.1, -0.05) is 30.7 Å². The van der Waals surface area contributed by atoms with Gasteiger partial charge in [0, 0.05) is 23.3 Å². The summed E-state index contributed by atoms with van der Waals surface area (Å²) in [6.45, 7) is 6.93. The molecule has 0 atom stereocenters. The van der Waals surface area contributed by atoms with Gasteiger partial charge in [-0.25, -0.2) is 8.42 Å². The lowest BCUT2D eigenvalue weighted by molar-refractivity contribution is 0.0797. The first-order valence-electron chi connectivity index (χ1n) is 9.99. The summed E-state index contributed by atoms with van der Waals surface area (Å²) in [6.07, 6.45) is 3.66. The number of hydrogen-bond donors (Lipinski definition) is 2. The Morgan fingerprint density at radius 1 is 1.00 bits per heavy atom. The molecule has 29 heavy (non-hydrogen) atoms. The van der Waals surface area contributed by atoms with Crippen LogP contribution in [0.1, 0.15) is 43.5 Å². The van der Waals surface area contributed by atoms with Gasteiger partial charge < -0.3 is 5.32 Å². The van der Waals surface area contributed by atoms with E-state index in [1.165, 1.54) is 31.4 Å². The highest BCUT2D eigenvalue weighted by atomic mass is 32.2. The Kier molecular flexibility index (Phi) is 6.59. The largest absolute Gasteiger partial charge is 0.350 e. The summed E-state index contributed by atoms with van der Waals surface area (Å²) in [5, 5.41) is 3.00. The number of likely N-dealkylation sites (tertiary alicyclic amines) is 1. The number of nitrogens with zero attached hydrogens (tertiary/aromatic N) is 1. The van der Waals surface area contributed by atoms with Crippen molar-refractivity contribution in [2.75, 3.05) is 24.4 Å². The molecule has 1 amide bonds. The Morgan fingerprint density at radius 3 is 2.38 bits per heavy atom. The fraction of sp³-hybridized carbons (Fsp3) is 0.409. The van der Waals surface area contributed by atoms with Crippen molar-refractivity contribution in [2.24, 2.45) is 0 Å². The zero-order valence-electron chi connectivity index (χ0n) is 17.0. The van der Waals surface area contributed by atoms with E-state index in [1.807, 2.05) is 0 Å². The molecule has 0 radical (unpaired) electrons. The highest BCUT2D eigenvalue weighted by Crippen LogP contribution is 2.21. The lowest BCUT2D eigenvalue weighted by Gasteiger charge is -2.41. The maximum absolute atomic E-state index is 12.7. The van der Waals surface area contributed by atoms with Gasteiger partial charge in [0.15, 0.2) is 0 Å². The van der Waals surface area contributed by atoms with Crippen molar-refractivity contribution in [3.63, 3.8) is 0 Å². The first-order valence-corrected chi connectivity index (χ1v) is 11.5. The van der Waals surface area contributed by atoms with Crippen molar-refractivity contribution < 1.29 is 13.2 Å². The van der Waals surface area contributed by atoms with E-state index in [1.54, 1.807) is 42.5 Å². The predicted molar refractivity (Wildman–Crippen MR) is 116 cm³/mol. The molecule has 1 saturated heterocycles. The van der Waals surface area contributed by atoms with E-state index < -0.39 is 10.0 Å². The van der Waals surface area contributed by atoms with Crippen molar-refractivity contribution in [3.05, 3.63) is 60.2 Å². The van der Waals surface area contributed by atoms with Crippen LogP contribution in [0.15, 0.2) is 59.5 Å². The third kappa shape index (κ3) is 5.58. The number of nitrogens with one attached hydrogen (secondary N) is 2. The summed E-state index contributed by atoms with van der Waals surface area (Å²) in [5.74, 6) is -0.212. The molecule has 2 aromatic carbocycles. The lowest BCUT2D eigenvalue weighted by atomic mass is 9.98. The summed E-state index contributed by atoms with van der Waals surface area (Å²) < 4.78 is 27.5. The number of rotatable bonds is 7. The number of sulfonamides is 1. The molecule has 0 aromatic heterocycles. The molecule has 6 nitrogen and oxygen atoms in total. The van der Waals surface area contributed by atoms with Crippen LogP contribution in [0, 0.1) is 0 Å². The van der Waals surface area contributed by atoms with Crippen LogP contribution in [-0.4, -0.2) is 44.4 Å². The normalized spacial score (nSPS) is 15.7. The van der Waals surface area contributed by atoms with Crippen LogP contribution in [0.4, 0.5) is 5.69 Å². The molecule has 0 aliphatic carbocycles. The first kappa shape index (κ1) is 21.3. The van der Waals surface area contributed by atoms with Crippen molar-refractivity contribution in [1.29, 1.82) is 0 Å². The van der Waals surface area contributed by atoms with Gasteiger partial charge in [-0.2, -0.15) is 0 Å². The molecule has 1 aliphatic heterocycles. The standard InChI is InChI=1S/C22H29N3O3S/c1-22(2,25-14-7-4-8-15-25)17-23-21(26)18-10-9-11-19(16-18)24-29(27,28)20-12-5-3-6-13-20/h3,5-6,9-13,16,24H,4,7-8,14-15,17H2,1-2H3,(H,23,26). The molecule has 0 spiro atoms. The van der Waals surface area contributed by atoms with Crippen LogP contribution < -0.4 is 10.0 Å². The van der Waals surface area contributed by atoms with Gasteiger partial charge in [0.25, 0.3) is 15.9 Å². The number of carbonyl (C=O) groups is 1. The maximum atomic E-state index is 12.7. The third-order valence-corrected chi connectivity index (χ3v) is 6.72. The highest BCUT2D eigenvalue weighted by Gasteiger charge is 2.28. The van der Waals surface area contributed by atoms with E-state index in [4.69, 9.17) is 0 Å². The van der Waals surface area contributed by atoms with E-state index in [9.17, 15) is 13.2 Å². The minimum Gasteiger partial charge on any atom is -0.350 e. The van der Waals surface area contributed by atoms with Crippen LogP contribution >= 0.6 is 0 Å². The van der Waals surface area contributed by atoms with Gasteiger partial charge in [0.2, 0.25) is 0 Å². The molecule has 2 aromatic rings. The van der Waals surface area contributed by atoms with Gasteiger partial charge in [-0.05, 0) is 70.1 Å². The molecule has 156 valence electrons. The number of piperidine rings is 1. The van der Waals surface area contributed by atoms with Crippen LogP contribution in [0.2, 0.25) is 0 Å². The Hall–Kier alpha value is -2.38. The smallest absolute Gasteiger partial charge is 0.261 e. The molecular formula is C22H29N3O3S. The van der Waals surface area contributed by atoms with Gasteiger partial charge >= 0.3 is 0 Å². The predicted octanol–water partition coefficient (Wildman–Crippen LogP) is 3.48. The SMILES string of the molecule is CC(C)(CNC(=O)c1cccc(NS(=O)(=O)c2ccccc2)c1)N1CCCCC1. The second-order valence-corrected chi connectivity index (χ2v) is 9.72. The maximum Gasteiger partial charge on any atom is 0.261 e. The minimum atomic E-state index is -3.69. The number of hydrogen-bond acceptors (Lipinski definition) is 4. The molecule has 0 bridgehead atoms. The average Bonchev–Trinajstić information content (AvgIpc) is 2.73. The fourth-order valence-electron chi connectivity index (χ4n) is 3.55. The Balaban J connectivity index is 1.65. The Morgan fingerprint density at radius 2 is 1.69 bits per heavy atom. The average molecular weight is 416 g/mol. The first-order chi connectivity index (χ1) is 13.8. The molecule has 7 heteroatoms.